The molecule has 0 spiro atoms. The fraction of sp³-hybridized carbons (Fsp3) is 0. The molecule has 0 atom stereocenters. The minimum absolute atomic E-state index is 1.10. The Morgan fingerprint density at radius 1 is 0.356 bits per heavy atom. The first-order valence-corrected chi connectivity index (χ1v) is 21.0. The first-order chi connectivity index (χ1) is 29.3. The summed E-state index contributed by atoms with van der Waals surface area (Å²) in [6.45, 7) is 0. The predicted molar refractivity (Wildman–Crippen MR) is 254 cm³/mol. The molecule has 0 saturated heterocycles. The van der Waals surface area contributed by atoms with Gasteiger partial charge in [0.2, 0.25) is 0 Å². The van der Waals surface area contributed by atoms with Gasteiger partial charge in [0, 0.05) is 53.3 Å². The van der Waals surface area contributed by atoms with Crippen molar-refractivity contribution in [2.45, 2.75) is 0 Å². The lowest BCUT2D eigenvalue weighted by molar-refractivity contribution is 1.18. The molecule has 0 amide bonds. The van der Waals surface area contributed by atoms with Gasteiger partial charge in [-0.05, 0) is 93.5 Å². The van der Waals surface area contributed by atoms with E-state index in [4.69, 9.17) is 0 Å². The van der Waals surface area contributed by atoms with Crippen LogP contribution in [0.1, 0.15) is 0 Å². The van der Waals surface area contributed by atoms with Crippen molar-refractivity contribution < 1.29 is 0 Å². The zero-order valence-corrected chi connectivity index (χ0v) is 32.9. The lowest BCUT2D eigenvalue weighted by Gasteiger charge is -2.28. The molecule has 10 aromatic carbocycles. The monoisotopic (exact) mass is 768 g/mol. The molecule has 0 radical (unpaired) electrons. The van der Waals surface area contributed by atoms with Crippen LogP contribution >= 0.6 is 11.3 Å². The predicted octanol–water partition coefficient (Wildman–Crippen LogP) is 16.3. The number of anilines is 3. The maximum absolute atomic E-state index is 2.43. The van der Waals surface area contributed by atoms with Crippen LogP contribution in [0.5, 0.6) is 0 Å². The summed E-state index contributed by atoms with van der Waals surface area (Å²) in [4.78, 5) is 2.43. The summed E-state index contributed by atoms with van der Waals surface area (Å²) in [6.07, 6.45) is 0. The van der Waals surface area contributed by atoms with Crippen LogP contribution in [-0.2, 0) is 0 Å². The molecular formula is C56H36N2S. The average Bonchev–Trinajstić information content (AvgIpc) is 3.86. The van der Waals surface area contributed by atoms with Gasteiger partial charge in [-0.3, -0.25) is 0 Å². The quantitative estimate of drug-likeness (QED) is 0.153. The van der Waals surface area contributed by atoms with Crippen molar-refractivity contribution in [2.24, 2.45) is 0 Å². The Labute approximate surface area is 346 Å². The molecule has 0 N–H and O–H groups in total. The lowest BCUT2D eigenvalue weighted by Crippen LogP contribution is -2.10. The second kappa shape index (κ2) is 13.6. The summed E-state index contributed by atoms with van der Waals surface area (Å²) in [5.41, 5.74) is 11.8. The molecule has 3 heteroatoms. The molecule has 2 aromatic heterocycles. The number of hydrogen-bond acceptors (Lipinski definition) is 2. The van der Waals surface area contributed by atoms with Gasteiger partial charge >= 0.3 is 0 Å². The van der Waals surface area contributed by atoms with E-state index in [0.29, 0.717) is 0 Å². The van der Waals surface area contributed by atoms with Crippen molar-refractivity contribution in [1.29, 1.82) is 0 Å². The van der Waals surface area contributed by atoms with E-state index in [9.17, 15) is 0 Å². The van der Waals surface area contributed by atoms with E-state index < -0.39 is 0 Å². The second-order valence-electron chi connectivity index (χ2n) is 15.3. The highest BCUT2D eigenvalue weighted by molar-refractivity contribution is 7.25. The molecule has 59 heavy (non-hydrogen) atoms. The molecule has 276 valence electrons. The van der Waals surface area contributed by atoms with Crippen LogP contribution < -0.4 is 4.90 Å². The van der Waals surface area contributed by atoms with Gasteiger partial charge in [0.05, 0.1) is 22.4 Å². The molecule has 2 heterocycles. The molecule has 2 nitrogen and oxygen atoms in total. The van der Waals surface area contributed by atoms with Crippen LogP contribution in [0.3, 0.4) is 0 Å². The second-order valence-corrected chi connectivity index (χ2v) is 16.3. The van der Waals surface area contributed by atoms with Crippen molar-refractivity contribution >= 4 is 91.9 Å². The third kappa shape index (κ3) is 5.40. The number of fused-ring (bicyclic) bond motifs is 9. The van der Waals surface area contributed by atoms with E-state index in [1.807, 2.05) is 11.3 Å². The Morgan fingerprint density at radius 2 is 0.864 bits per heavy atom. The zero-order chi connectivity index (χ0) is 38.9. The summed E-state index contributed by atoms with van der Waals surface area (Å²) in [5, 5.41) is 10.1. The van der Waals surface area contributed by atoms with Crippen molar-refractivity contribution in [3.05, 3.63) is 218 Å². The number of benzene rings is 10. The molecule has 0 fully saturated rings. The van der Waals surface area contributed by atoms with E-state index in [2.05, 4.69) is 228 Å². The molecule has 0 aliphatic heterocycles. The van der Waals surface area contributed by atoms with Gasteiger partial charge in [0.25, 0.3) is 0 Å². The first-order valence-electron chi connectivity index (χ1n) is 20.2. The normalized spacial score (nSPS) is 11.7. The molecule has 12 aromatic rings. The van der Waals surface area contributed by atoms with Gasteiger partial charge in [0.15, 0.2) is 0 Å². The SMILES string of the molecule is c1ccc(-n2c3ccccc3c3ccccc32)c(-c2ccc(N(c3ccc(-c4cccc5sc6ccccc6c45)cc3)c3cc4ccccc4c4ccccc34)cc2)c1. The smallest absolute Gasteiger partial charge is 0.0546 e. The summed E-state index contributed by atoms with van der Waals surface area (Å²) >= 11 is 1.87. The third-order valence-corrected chi connectivity index (χ3v) is 13.1. The summed E-state index contributed by atoms with van der Waals surface area (Å²) < 4.78 is 5.06. The first kappa shape index (κ1) is 33.7. The summed E-state index contributed by atoms with van der Waals surface area (Å²) in [7, 11) is 0. The van der Waals surface area contributed by atoms with Crippen LogP contribution in [0, 0.1) is 0 Å². The summed E-state index contributed by atoms with van der Waals surface area (Å²) in [5.74, 6) is 0. The van der Waals surface area contributed by atoms with Gasteiger partial charge < -0.3 is 9.47 Å². The Morgan fingerprint density at radius 3 is 1.58 bits per heavy atom. The lowest BCUT2D eigenvalue weighted by atomic mass is 9.97. The van der Waals surface area contributed by atoms with Crippen molar-refractivity contribution in [1.82, 2.24) is 4.57 Å². The van der Waals surface area contributed by atoms with Crippen LogP contribution in [0.15, 0.2) is 218 Å². The molecular weight excluding hydrogens is 733 g/mol. The number of aromatic nitrogens is 1. The molecule has 0 aliphatic rings. The third-order valence-electron chi connectivity index (χ3n) is 12.0. The van der Waals surface area contributed by atoms with Crippen LogP contribution in [-0.4, -0.2) is 4.57 Å². The van der Waals surface area contributed by atoms with Crippen molar-refractivity contribution in [3.8, 4) is 27.9 Å². The van der Waals surface area contributed by atoms with E-state index in [-0.39, 0.29) is 0 Å². The van der Waals surface area contributed by atoms with Crippen LogP contribution in [0.25, 0.3) is 91.5 Å². The number of hydrogen-bond donors (Lipinski definition) is 0. The number of nitrogens with zero attached hydrogens (tertiary/aromatic N) is 2. The largest absolute Gasteiger partial charge is 0.310 e. The summed E-state index contributed by atoms with van der Waals surface area (Å²) in [6, 6.07) is 79.9. The Hall–Kier alpha value is -7.46. The number of thiophene rings is 1. The highest BCUT2D eigenvalue weighted by Crippen LogP contribution is 2.45. The van der Waals surface area contributed by atoms with Crippen molar-refractivity contribution in [3.63, 3.8) is 0 Å². The number of rotatable bonds is 6. The van der Waals surface area contributed by atoms with Gasteiger partial charge in [0.1, 0.15) is 0 Å². The minimum atomic E-state index is 1.10. The topological polar surface area (TPSA) is 8.17 Å². The average molecular weight is 769 g/mol. The highest BCUT2D eigenvalue weighted by atomic mass is 32.1. The molecule has 0 aliphatic carbocycles. The van der Waals surface area contributed by atoms with Gasteiger partial charge in [-0.15, -0.1) is 11.3 Å². The molecule has 0 bridgehead atoms. The molecule has 12 rings (SSSR count). The van der Waals surface area contributed by atoms with E-state index in [0.717, 1.165) is 17.1 Å². The van der Waals surface area contributed by atoms with Crippen LogP contribution in [0.2, 0.25) is 0 Å². The van der Waals surface area contributed by atoms with Gasteiger partial charge in [-0.2, -0.15) is 0 Å². The zero-order valence-electron chi connectivity index (χ0n) is 32.1. The maximum atomic E-state index is 2.43. The standard InChI is InChI=1S/C56H36N2S/c1-2-15-42-39(14-1)36-53(46-18-4-3-17-45(42)46)57(41-34-30-38(31-35-41)44-22-13-27-55-56(44)49-21-8-12-26-54(49)59-55)40-32-28-37(29-33-40)43-16-5-9-23-50(43)58-51-24-10-6-19-47(51)48-20-7-11-25-52(48)58/h1-36H. The van der Waals surface area contributed by atoms with Crippen LogP contribution in [0.4, 0.5) is 17.1 Å². The Balaban J connectivity index is 1.02. The molecule has 0 saturated carbocycles. The Bertz CT molecular complexity index is 3500. The van der Waals surface area contributed by atoms with Crippen molar-refractivity contribution in [2.75, 3.05) is 4.90 Å². The van der Waals surface area contributed by atoms with Gasteiger partial charge in [-0.25, -0.2) is 0 Å². The van der Waals surface area contributed by atoms with Gasteiger partial charge in [-0.1, -0.05) is 158 Å². The number of para-hydroxylation sites is 3. The maximum Gasteiger partial charge on any atom is 0.0546 e. The molecule has 0 unspecified atom stereocenters. The minimum Gasteiger partial charge on any atom is -0.310 e. The highest BCUT2D eigenvalue weighted by Gasteiger charge is 2.20. The fourth-order valence-corrected chi connectivity index (χ4v) is 10.5. The fourth-order valence-electron chi connectivity index (χ4n) is 9.34. The van der Waals surface area contributed by atoms with E-state index in [1.54, 1.807) is 0 Å². The Kier molecular flexibility index (Phi) is 7.75. The van der Waals surface area contributed by atoms with E-state index in [1.165, 1.54) is 91.5 Å². The van der Waals surface area contributed by atoms with E-state index >= 15 is 0 Å².